The third-order valence-corrected chi connectivity index (χ3v) is 5.81. The standard InChI is InChI=1S/C28H33NO6.C2H4O2/c30-19-24-17-22(9-12-26(24)31)27(32)18-29-14-13-20-7-10-25(11-8-20)35-15-2-1-4-21-5-3-6-23(16-21)28(33)34;1-2(3)4/h3,5-12,16-17,27,29-32H,1-2,4,13-15,18-19H2,(H,33,34);1H3,(H,3,4)/t27-;/m0./s1. The Balaban J connectivity index is 0.00000124. The first kappa shape index (κ1) is 31.3. The molecule has 0 aliphatic carbocycles. The Labute approximate surface area is 228 Å². The molecule has 9 nitrogen and oxygen atoms in total. The Kier molecular flexibility index (Phi) is 13.5. The molecule has 0 saturated carbocycles. The van der Waals surface area contributed by atoms with Crippen LogP contribution in [0.15, 0.2) is 66.7 Å². The molecule has 3 rings (SSSR count). The van der Waals surface area contributed by atoms with Crippen LogP contribution in [0.2, 0.25) is 0 Å². The summed E-state index contributed by atoms with van der Waals surface area (Å²) in [6.45, 7) is 2.48. The molecule has 0 amide bonds. The van der Waals surface area contributed by atoms with E-state index in [1.165, 1.54) is 6.07 Å². The van der Waals surface area contributed by atoms with Gasteiger partial charge in [0.2, 0.25) is 0 Å². The average molecular weight is 540 g/mol. The van der Waals surface area contributed by atoms with Gasteiger partial charge in [0, 0.05) is 19.0 Å². The zero-order valence-corrected chi connectivity index (χ0v) is 22.0. The van der Waals surface area contributed by atoms with Gasteiger partial charge >= 0.3 is 5.97 Å². The lowest BCUT2D eigenvalue weighted by Gasteiger charge is -2.14. The number of aryl methyl sites for hydroxylation is 1. The van der Waals surface area contributed by atoms with Crippen LogP contribution in [0.3, 0.4) is 0 Å². The summed E-state index contributed by atoms with van der Waals surface area (Å²) in [5.74, 6) is -0.900. The van der Waals surface area contributed by atoms with Crippen molar-refractivity contribution in [3.63, 3.8) is 0 Å². The monoisotopic (exact) mass is 539 g/mol. The number of phenols is 1. The highest BCUT2D eigenvalue weighted by molar-refractivity contribution is 5.87. The molecule has 210 valence electrons. The van der Waals surface area contributed by atoms with Crippen LogP contribution in [0.1, 0.15) is 58.5 Å². The summed E-state index contributed by atoms with van der Waals surface area (Å²) >= 11 is 0. The highest BCUT2D eigenvalue weighted by Gasteiger charge is 2.10. The Hall–Kier alpha value is -3.92. The zero-order valence-electron chi connectivity index (χ0n) is 22.0. The number of carbonyl (C=O) groups is 2. The zero-order chi connectivity index (χ0) is 28.6. The van der Waals surface area contributed by atoms with Gasteiger partial charge in [0.15, 0.2) is 0 Å². The molecule has 0 unspecified atom stereocenters. The number of nitrogens with one attached hydrogen (secondary N) is 1. The number of aromatic hydroxyl groups is 1. The minimum absolute atomic E-state index is 0.0205. The second-order valence-electron chi connectivity index (χ2n) is 8.99. The van der Waals surface area contributed by atoms with E-state index in [-0.39, 0.29) is 12.4 Å². The summed E-state index contributed by atoms with van der Waals surface area (Å²) in [6, 6.07) is 19.7. The van der Waals surface area contributed by atoms with Gasteiger partial charge in [-0.2, -0.15) is 0 Å². The molecular weight excluding hydrogens is 502 g/mol. The summed E-state index contributed by atoms with van der Waals surface area (Å²) < 4.78 is 5.82. The molecule has 0 aliphatic rings. The van der Waals surface area contributed by atoms with Crippen LogP contribution >= 0.6 is 0 Å². The van der Waals surface area contributed by atoms with E-state index in [9.17, 15) is 20.1 Å². The van der Waals surface area contributed by atoms with Gasteiger partial charge in [-0.25, -0.2) is 4.79 Å². The van der Waals surface area contributed by atoms with Crippen molar-refractivity contribution < 1.29 is 39.9 Å². The summed E-state index contributed by atoms with van der Waals surface area (Å²) in [4.78, 5) is 20.0. The molecule has 0 spiro atoms. The third-order valence-electron chi connectivity index (χ3n) is 5.81. The molecular formula is C30H37NO8. The highest BCUT2D eigenvalue weighted by atomic mass is 16.5. The van der Waals surface area contributed by atoms with Crippen LogP contribution < -0.4 is 10.1 Å². The van der Waals surface area contributed by atoms with Gasteiger partial charge in [-0.3, -0.25) is 4.79 Å². The Bertz CT molecular complexity index is 1180. The number of carboxylic acid groups (broad SMARTS) is 2. The van der Waals surface area contributed by atoms with Crippen molar-refractivity contribution in [2.45, 2.75) is 45.3 Å². The first-order valence-electron chi connectivity index (χ1n) is 12.7. The predicted molar refractivity (Wildman–Crippen MR) is 147 cm³/mol. The number of aromatic carboxylic acids is 1. The molecule has 0 fully saturated rings. The van der Waals surface area contributed by atoms with E-state index in [0.717, 1.165) is 49.5 Å². The fourth-order valence-electron chi connectivity index (χ4n) is 3.76. The Morgan fingerprint density at radius 3 is 2.31 bits per heavy atom. The molecule has 0 aliphatic heterocycles. The fourth-order valence-corrected chi connectivity index (χ4v) is 3.76. The lowest BCUT2D eigenvalue weighted by Crippen LogP contribution is -2.23. The van der Waals surface area contributed by atoms with E-state index in [4.69, 9.17) is 19.7 Å². The molecule has 0 bridgehead atoms. The highest BCUT2D eigenvalue weighted by Crippen LogP contribution is 2.22. The number of unbranched alkanes of at least 4 members (excludes halogenated alkanes) is 1. The van der Waals surface area contributed by atoms with Gasteiger partial charge in [-0.1, -0.05) is 30.3 Å². The topological polar surface area (TPSA) is 157 Å². The number of rotatable bonds is 14. The number of aliphatic carboxylic acids is 1. The normalized spacial score (nSPS) is 11.3. The van der Waals surface area contributed by atoms with Crippen molar-refractivity contribution >= 4 is 11.9 Å². The van der Waals surface area contributed by atoms with Gasteiger partial charge in [0.25, 0.3) is 5.97 Å². The van der Waals surface area contributed by atoms with Crippen LogP contribution in [0.25, 0.3) is 0 Å². The van der Waals surface area contributed by atoms with E-state index < -0.39 is 18.0 Å². The first-order valence-corrected chi connectivity index (χ1v) is 12.7. The van der Waals surface area contributed by atoms with Crippen LogP contribution in [-0.2, 0) is 24.2 Å². The number of hydrogen-bond donors (Lipinski definition) is 6. The second kappa shape index (κ2) is 16.8. The lowest BCUT2D eigenvalue weighted by molar-refractivity contribution is -0.134. The number of aliphatic hydroxyl groups excluding tert-OH is 2. The van der Waals surface area contributed by atoms with Crippen molar-refractivity contribution in [1.29, 1.82) is 0 Å². The van der Waals surface area contributed by atoms with E-state index in [2.05, 4.69) is 5.32 Å². The Morgan fingerprint density at radius 2 is 1.64 bits per heavy atom. The van der Waals surface area contributed by atoms with Crippen LogP contribution in [0, 0.1) is 0 Å². The molecule has 6 N–H and O–H groups in total. The molecule has 0 heterocycles. The van der Waals surface area contributed by atoms with Gasteiger partial charge in [0.05, 0.1) is 24.9 Å². The van der Waals surface area contributed by atoms with Crippen molar-refractivity contribution in [1.82, 2.24) is 5.32 Å². The SMILES string of the molecule is CC(=O)O.O=C(O)c1cccc(CCCCOc2ccc(CCNC[C@H](O)c3ccc(O)c(CO)c3)cc2)c1. The molecule has 3 aromatic rings. The van der Waals surface area contributed by atoms with Gasteiger partial charge in [0.1, 0.15) is 11.5 Å². The fraction of sp³-hybridized carbons (Fsp3) is 0.333. The molecule has 3 aromatic carbocycles. The van der Waals surface area contributed by atoms with E-state index in [1.54, 1.807) is 30.3 Å². The summed E-state index contributed by atoms with van der Waals surface area (Å²) in [7, 11) is 0. The smallest absolute Gasteiger partial charge is 0.335 e. The largest absolute Gasteiger partial charge is 0.508 e. The minimum atomic E-state index is -0.904. The minimum Gasteiger partial charge on any atom is -0.508 e. The maximum Gasteiger partial charge on any atom is 0.335 e. The molecule has 0 aromatic heterocycles. The number of ether oxygens (including phenoxy) is 1. The second-order valence-corrected chi connectivity index (χ2v) is 8.99. The summed E-state index contributed by atoms with van der Waals surface area (Å²) in [6.07, 6.45) is 2.70. The maximum absolute atomic E-state index is 11.0. The average Bonchev–Trinajstić information content (AvgIpc) is 2.91. The van der Waals surface area contributed by atoms with E-state index in [1.807, 2.05) is 30.3 Å². The van der Waals surface area contributed by atoms with Crippen LogP contribution in [0.5, 0.6) is 11.5 Å². The Morgan fingerprint density at radius 1 is 0.923 bits per heavy atom. The lowest BCUT2D eigenvalue weighted by atomic mass is 10.1. The molecule has 0 saturated heterocycles. The van der Waals surface area contributed by atoms with Gasteiger partial charge in [-0.05, 0) is 85.3 Å². The van der Waals surface area contributed by atoms with Gasteiger partial charge in [-0.15, -0.1) is 0 Å². The molecule has 39 heavy (non-hydrogen) atoms. The summed E-state index contributed by atoms with van der Waals surface area (Å²) in [5.41, 5.74) is 3.54. The van der Waals surface area contributed by atoms with Crippen molar-refractivity contribution in [2.75, 3.05) is 19.7 Å². The number of hydrogen-bond acceptors (Lipinski definition) is 7. The molecule has 0 radical (unpaired) electrons. The molecule has 9 heteroatoms. The van der Waals surface area contributed by atoms with Crippen molar-refractivity contribution in [3.8, 4) is 11.5 Å². The predicted octanol–water partition coefficient (Wildman–Crippen LogP) is 3.94. The first-order chi connectivity index (χ1) is 18.7. The summed E-state index contributed by atoms with van der Waals surface area (Å²) in [5, 5.41) is 48.9. The number of carboxylic acids is 2. The van der Waals surface area contributed by atoms with E-state index >= 15 is 0 Å². The number of aliphatic hydroxyl groups is 2. The van der Waals surface area contributed by atoms with Gasteiger partial charge < -0.3 is 35.6 Å². The molecule has 1 atom stereocenters. The third kappa shape index (κ3) is 12.0. The van der Waals surface area contributed by atoms with E-state index in [0.29, 0.717) is 36.4 Å². The quantitative estimate of drug-likeness (QED) is 0.167. The maximum atomic E-state index is 11.0. The van der Waals surface area contributed by atoms with Crippen LogP contribution in [0.4, 0.5) is 0 Å². The number of benzene rings is 3. The van der Waals surface area contributed by atoms with Crippen molar-refractivity contribution in [3.05, 3.63) is 94.5 Å². The van der Waals surface area contributed by atoms with Crippen molar-refractivity contribution in [2.24, 2.45) is 0 Å². The van der Waals surface area contributed by atoms with Crippen LogP contribution in [-0.4, -0.2) is 57.2 Å².